The number of piperidine rings is 1. The van der Waals surface area contributed by atoms with Crippen molar-refractivity contribution >= 4 is 22.8 Å². The summed E-state index contributed by atoms with van der Waals surface area (Å²) in [6.45, 7) is 7.55. The minimum absolute atomic E-state index is 0.182. The molecule has 30 heavy (non-hydrogen) atoms. The predicted octanol–water partition coefficient (Wildman–Crippen LogP) is 1.94. The van der Waals surface area contributed by atoms with Gasteiger partial charge in [-0.2, -0.15) is 5.10 Å². The lowest BCUT2D eigenvalue weighted by Crippen LogP contribution is -2.67. The topological polar surface area (TPSA) is 90.0 Å². The number of fused-ring (bicyclic) bond motifs is 1. The number of amides is 1. The lowest BCUT2D eigenvalue weighted by Gasteiger charge is -2.46. The number of carbonyl (C=O) groups is 1. The quantitative estimate of drug-likeness (QED) is 0.692. The van der Waals surface area contributed by atoms with Gasteiger partial charge in [0.05, 0.1) is 17.8 Å². The Balaban J connectivity index is 1.31. The predicted molar refractivity (Wildman–Crippen MR) is 115 cm³/mol. The van der Waals surface area contributed by atoms with Crippen molar-refractivity contribution in [2.75, 3.05) is 31.1 Å². The first-order valence-electron chi connectivity index (χ1n) is 10.6. The van der Waals surface area contributed by atoms with Gasteiger partial charge in [0, 0.05) is 43.0 Å². The van der Waals surface area contributed by atoms with Gasteiger partial charge in [0.2, 0.25) is 11.9 Å². The van der Waals surface area contributed by atoms with Crippen molar-refractivity contribution in [2.45, 2.75) is 38.8 Å². The molecule has 4 heterocycles. The fourth-order valence-electron chi connectivity index (χ4n) is 4.71. The van der Waals surface area contributed by atoms with Crippen LogP contribution in [0.15, 0.2) is 30.3 Å². The SMILES string of the molecule is Cc1cc(C)nc(N2CCC3(CC2)NCCN(Cc2n[nH]c4ccccc24)C3=O)n1. The second-order valence-electron chi connectivity index (χ2n) is 8.39. The molecule has 0 aliphatic carbocycles. The molecule has 1 amide bonds. The van der Waals surface area contributed by atoms with Crippen LogP contribution in [0.25, 0.3) is 10.9 Å². The average molecular weight is 406 g/mol. The number of aromatic amines is 1. The number of nitrogens with one attached hydrogen (secondary N) is 2. The van der Waals surface area contributed by atoms with E-state index in [1.807, 2.05) is 43.0 Å². The molecule has 2 aliphatic heterocycles. The zero-order chi connectivity index (χ0) is 20.7. The third-order valence-electron chi connectivity index (χ3n) is 6.30. The molecule has 2 aliphatic rings. The molecule has 0 radical (unpaired) electrons. The van der Waals surface area contributed by atoms with E-state index in [4.69, 9.17) is 0 Å². The standard InChI is InChI=1S/C22H27N7O/c1-15-13-16(2)25-21(24-15)28-10-7-22(8-11-28)20(30)29(12-9-23-22)14-19-17-5-3-4-6-18(17)26-27-19/h3-6,13,23H,7-12,14H2,1-2H3,(H,26,27). The molecule has 0 bridgehead atoms. The molecule has 0 unspecified atom stereocenters. The molecule has 1 spiro atoms. The Morgan fingerprint density at radius 3 is 2.57 bits per heavy atom. The molecule has 2 saturated heterocycles. The van der Waals surface area contributed by atoms with Crippen LogP contribution in [0.3, 0.4) is 0 Å². The molecule has 156 valence electrons. The van der Waals surface area contributed by atoms with E-state index in [9.17, 15) is 4.79 Å². The fourth-order valence-corrected chi connectivity index (χ4v) is 4.71. The van der Waals surface area contributed by atoms with Gasteiger partial charge in [0.1, 0.15) is 5.54 Å². The Morgan fingerprint density at radius 1 is 1.07 bits per heavy atom. The number of benzene rings is 1. The number of nitrogens with zero attached hydrogens (tertiary/aromatic N) is 5. The minimum Gasteiger partial charge on any atom is -0.341 e. The maximum absolute atomic E-state index is 13.5. The Hall–Kier alpha value is -3.00. The first kappa shape index (κ1) is 19.0. The van der Waals surface area contributed by atoms with E-state index in [0.717, 1.165) is 66.4 Å². The molecule has 8 nitrogen and oxygen atoms in total. The third-order valence-corrected chi connectivity index (χ3v) is 6.30. The van der Waals surface area contributed by atoms with Gasteiger partial charge in [0.15, 0.2) is 0 Å². The highest BCUT2D eigenvalue weighted by Gasteiger charge is 2.46. The highest BCUT2D eigenvalue weighted by molar-refractivity contribution is 5.88. The van der Waals surface area contributed by atoms with Crippen molar-refractivity contribution in [1.29, 1.82) is 0 Å². The summed E-state index contributed by atoms with van der Waals surface area (Å²) in [5.74, 6) is 0.951. The maximum Gasteiger partial charge on any atom is 0.243 e. The molecule has 1 aromatic carbocycles. The van der Waals surface area contributed by atoms with Gasteiger partial charge in [0.25, 0.3) is 0 Å². The third kappa shape index (κ3) is 3.31. The monoisotopic (exact) mass is 405 g/mol. The summed E-state index contributed by atoms with van der Waals surface area (Å²) in [6.07, 6.45) is 1.50. The van der Waals surface area contributed by atoms with Crippen LogP contribution in [-0.4, -0.2) is 62.7 Å². The van der Waals surface area contributed by atoms with E-state index in [-0.39, 0.29) is 5.91 Å². The number of carbonyl (C=O) groups excluding carboxylic acids is 1. The summed E-state index contributed by atoms with van der Waals surface area (Å²) >= 11 is 0. The van der Waals surface area contributed by atoms with Crippen LogP contribution in [0.2, 0.25) is 0 Å². The summed E-state index contributed by atoms with van der Waals surface area (Å²) in [4.78, 5) is 26.8. The molecule has 2 fully saturated rings. The number of hydrogen-bond acceptors (Lipinski definition) is 6. The van der Waals surface area contributed by atoms with Crippen LogP contribution in [0.4, 0.5) is 5.95 Å². The van der Waals surface area contributed by atoms with Crippen molar-refractivity contribution in [3.63, 3.8) is 0 Å². The van der Waals surface area contributed by atoms with Gasteiger partial charge in [-0.3, -0.25) is 9.89 Å². The van der Waals surface area contributed by atoms with E-state index >= 15 is 0 Å². The van der Waals surface area contributed by atoms with Crippen molar-refractivity contribution in [3.05, 3.63) is 47.4 Å². The normalized spacial score (nSPS) is 19.1. The number of rotatable bonds is 3. The van der Waals surface area contributed by atoms with Gasteiger partial charge >= 0.3 is 0 Å². The van der Waals surface area contributed by atoms with Crippen LogP contribution in [0.5, 0.6) is 0 Å². The van der Waals surface area contributed by atoms with Crippen molar-refractivity contribution < 1.29 is 4.79 Å². The summed E-state index contributed by atoms with van der Waals surface area (Å²) < 4.78 is 0. The number of para-hydroxylation sites is 1. The number of hydrogen-bond donors (Lipinski definition) is 2. The highest BCUT2D eigenvalue weighted by atomic mass is 16.2. The van der Waals surface area contributed by atoms with Crippen molar-refractivity contribution in [3.8, 4) is 0 Å². The lowest BCUT2D eigenvalue weighted by molar-refractivity contribution is -0.143. The zero-order valence-corrected chi connectivity index (χ0v) is 17.5. The number of piperazine rings is 1. The smallest absolute Gasteiger partial charge is 0.243 e. The first-order valence-corrected chi connectivity index (χ1v) is 10.6. The molecule has 0 saturated carbocycles. The van der Waals surface area contributed by atoms with Gasteiger partial charge < -0.3 is 15.1 Å². The number of H-pyrrole nitrogens is 1. The van der Waals surface area contributed by atoms with E-state index in [1.165, 1.54) is 0 Å². The fraction of sp³-hybridized carbons (Fsp3) is 0.455. The molecular weight excluding hydrogens is 378 g/mol. The van der Waals surface area contributed by atoms with Crippen LogP contribution in [-0.2, 0) is 11.3 Å². The van der Waals surface area contributed by atoms with Gasteiger partial charge in [-0.1, -0.05) is 18.2 Å². The molecule has 2 N–H and O–H groups in total. The summed E-state index contributed by atoms with van der Waals surface area (Å²) in [5.41, 5.74) is 3.38. The Kier molecular flexibility index (Phi) is 4.66. The number of aromatic nitrogens is 4. The van der Waals surface area contributed by atoms with Crippen LogP contribution >= 0.6 is 0 Å². The largest absolute Gasteiger partial charge is 0.341 e. The molecule has 8 heteroatoms. The summed E-state index contributed by atoms with van der Waals surface area (Å²) in [7, 11) is 0. The number of anilines is 1. The minimum atomic E-state index is -0.500. The second kappa shape index (κ2) is 7.36. The van der Waals surface area contributed by atoms with Gasteiger partial charge in [-0.15, -0.1) is 0 Å². The molecule has 2 aromatic heterocycles. The second-order valence-corrected chi connectivity index (χ2v) is 8.39. The Labute approximate surface area is 175 Å². The summed E-state index contributed by atoms with van der Waals surface area (Å²) in [6, 6.07) is 10.0. The zero-order valence-electron chi connectivity index (χ0n) is 17.5. The average Bonchev–Trinajstić information content (AvgIpc) is 3.14. The summed E-state index contributed by atoms with van der Waals surface area (Å²) in [5, 5.41) is 12.2. The van der Waals surface area contributed by atoms with Crippen LogP contribution in [0.1, 0.15) is 29.9 Å². The van der Waals surface area contributed by atoms with Crippen LogP contribution < -0.4 is 10.2 Å². The van der Waals surface area contributed by atoms with Gasteiger partial charge in [-0.25, -0.2) is 9.97 Å². The van der Waals surface area contributed by atoms with Crippen LogP contribution in [0, 0.1) is 13.8 Å². The van der Waals surface area contributed by atoms with Crippen molar-refractivity contribution in [2.24, 2.45) is 0 Å². The lowest BCUT2D eigenvalue weighted by atomic mass is 9.84. The van der Waals surface area contributed by atoms with Crippen molar-refractivity contribution in [1.82, 2.24) is 30.4 Å². The molecule has 3 aromatic rings. The van der Waals surface area contributed by atoms with E-state index in [2.05, 4.69) is 36.4 Å². The van der Waals surface area contributed by atoms with E-state index in [1.54, 1.807) is 0 Å². The Morgan fingerprint density at radius 2 is 1.80 bits per heavy atom. The Bertz CT molecular complexity index is 1060. The highest BCUT2D eigenvalue weighted by Crippen LogP contribution is 2.30. The van der Waals surface area contributed by atoms with Gasteiger partial charge in [-0.05, 0) is 38.8 Å². The number of aryl methyl sites for hydroxylation is 2. The molecular formula is C22H27N7O. The first-order chi connectivity index (χ1) is 14.5. The van der Waals surface area contributed by atoms with E-state index in [0.29, 0.717) is 13.1 Å². The maximum atomic E-state index is 13.5. The molecule has 0 atom stereocenters. The van der Waals surface area contributed by atoms with E-state index < -0.39 is 5.54 Å². The molecule has 5 rings (SSSR count).